The van der Waals surface area contributed by atoms with Crippen LogP contribution in [0.2, 0.25) is 0 Å². The highest BCUT2D eigenvalue weighted by Gasteiger charge is 2.21. The molecule has 0 saturated carbocycles. The summed E-state index contributed by atoms with van der Waals surface area (Å²) in [6.07, 6.45) is 1.54. The molecule has 7 heteroatoms. The lowest BCUT2D eigenvalue weighted by Gasteiger charge is -2.31. The van der Waals surface area contributed by atoms with E-state index in [9.17, 15) is 4.79 Å². The molecule has 1 atom stereocenters. The van der Waals surface area contributed by atoms with E-state index in [-0.39, 0.29) is 18.6 Å². The van der Waals surface area contributed by atoms with E-state index < -0.39 is 0 Å². The van der Waals surface area contributed by atoms with Gasteiger partial charge in [-0.1, -0.05) is 0 Å². The van der Waals surface area contributed by atoms with Gasteiger partial charge >= 0.3 is 0 Å². The molecule has 0 N–H and O–H groups in total. The van der Waals surface area contributed by atoms with Crippen molar-refractivity contribution in [1.29, 1.82) is 0 Å². The lowest BCUT2D eigenvalue weighted by Crippen LogP contribution is -2.45. The summed E-state index contributed by atoms with van der Waals surface area (Å²) in [5, 5.41) is 10.6. The van der Waals surface area contributed by atoms with Crippen molar-refractivity contribution in [3.8, 4) is 0 Å². The number of rotatable bonds is 2. The van der Waals surface area contributed by atoms with Crippen molar-refractivity contribution in [3.63, 3.8) is 0 Å². The smallest absolute Gasteiger partial charge is 0.244 e. The quantitative estimate of drug-likeness (QED) is 0.622. The standard InChI is InChI=1S/C8H13N5O2/c1-7-4-12(2-3-15-7)8(14)5-13-6-9-10-11-13/h6-7H,2-5H2,1H3/t7-/m1/s1. The number of tetrazole rings is 1. The molecule has 2 heterocycles. The number of carbonyl (C=O) groups is 1. The second-order valence-corrected chi connectivity index (χ2v) is 3.53. The van der Waals surface area contributed by atoms with Crippen LogP contribution in [0.25, 0.3) is 0 Å². The summed E-state index contributed by atoms with van der Waals surface area (Å²) in [6, 6.07) is 0. The maximum Gasteiger partial charge on any atom is 0.244 e. The molecule has 0 unspecified atom stereocenters. The summed E-state index contributed by atoms with van der Waals surface area (Å²) in [6.45, 7) is 4.03. The van der Waals surface area contributed by atoms with Crippen LogP contribution < -0.4 is 0 Å². The monoisotopic (exact) mass is 211 g/mol. The van der Waals surface area contributed by atoms with Crippen LogP contribution in [-0.2, 0) is 16.1 Å². The second-order valence-electron chi connectivity index (χ2n) is 3.53. The van der Waals surface area contributed by atoms with Gasteiger partial charge in [0.1, 0.15) is 12.9 Å². The van der Waals surface area contributed by atoms with E-state index in [1.807, 2.05) is 6.92 Å². The van der Waals surface area contributed by atoms with Gasteiger partial charge in [0, 0.05) is 13.1 Å². The largest absolute Gasteiger partial charge is 0.375 e. The lowest BCUT2D eigenvalue weighted by atomic mass is 10.3. The molecule has 1 aliphatic rings. The van der Waals surface area contributed by atoms with Gasteiger partial charge in [-0.25, -0.2) is 4.68 Å². The number of carbonyl (C=O) groups excluding carboxylic acids is 1. The third-order valence-electron chi connectivity index (χ3n) is 2.28. The van der Waals surface area contributed by atoms with Gasteiger partial charge in [0.05, 0.1) is 12.7 Å². The molecule has 1 amide bonds. The Labute approximate surface area is 87.0 Å². The molecule has 82 valence electrons. The molecule has 1 aromatic heterocycles. The Bertz CT molecular complexity index is 326. The van der Waals surface area contributed by atoms with Crippen molar-refractivity contribution < 1.29 is 9.53 Å². The highest BCUT2D eigenvalue weighted by molar-refractivity contribution is 5.75. The Hall–Kier alpha value is -1.50. The molecule has 1 saturated heterocycles. The topological polar surface area (TPSA) is 73.1 Å². The van der Waals surface area contributed by atoms with E-state index in [0.717, 1.165) is 0 Å². The molecule has 0 spiro atoms. The normalized spacial score (nSPS) is 21.7. The molecule has 7 nitrogen and oxygen atoms in total. The van der Waals surface area contributed by atoms with Gasteiger partial charge in [-0.2, -0.15) is 0 Å². The zero-order chi connectivity index (χ0) is 10.7. The van der Waals surface area contributed by atoms with Crippen LogP contribution in [0.3, 0.4) is 0 Å². The third-order valence-corrected chi connectivity index (χ3v) is 2.28. The van der Waals surface area contributed by atoms with Crippen LogP contribution in [0, 0.1) is 0 Å². The summed E-state index contributed by atoms with van der Waals surface area (Å²) < 4.78 is 6.77. The van der Waals surface area contributed by atoms with Crippen LogP contribution in [0.4, 0.5) is 0 Å². The van der Waals surface area contributed by atoms with E-state index in [4.69, 9.17) is 4.74 Å². The van der Waals surface area contributed by atoms with Crippen molar-refractivity contribution in [2.45, 2.75) is 19.6 Å². The lowest BCUT2D eigenvalue weighted by molar-refractivity contribution is -0.139. The Morgan fingerprint density at radius 2 is 2.53 bits per heavy atom. The molecule has 0 aliphatic carbocycles. The fourth-order valence-electron chi connectivity index (χ4n) is 1.54. The molecule has 15 heavy (non-hydrogen) atoms. The van der Waals surface area contributed by atoms with E-state index in [0.29, 0.717) is 19.7 Å². The molecular formula is C8H13N5O2. The minimum atomic E-state index is 0.0254. The van der Waals surface area contributed by atoms with Gasteiger partial charge in [-0.3, -0.25) is 4.79 Å². The van der Waals surface area contributed by atoms with Crippen LogP contribution in [-0.4, -0.2) is 56.8 Å². The number of nitrogens with zero attached hydrogens (tertiary/aromatic N) is 5. The summed E-state index contributed by atoms with van der Waals surface area (Å²) in [7, 11) is 0. The van der Waals surface area contributed by atoms with Crippen LogP contribution in [0.5, 0.6) is 0 Å². The van der Waals surface area contributed by atoms with Crippen molar-refractivity contribution in [1.82, 2.24) is 25.1 Å². The van der Waals surface area contributed by atoms with Gasteiger partial charge in [-0.05, 0) is 17.4 Å². The van der Waals surface area contributed by atoms with Gasteiger partial charge < -0.3 is 9.64 Å². The zero-order valence-corrected chi connectivity index (χ0v) is 8.54. The highest BCUT2D eigenvalue weighted by Crippen LogP contribution is 2.04. The third kappa shape index (κ3) is 2.50. The summed E-state index contributed by atoms with van der Waals surface area (Å²) in [5.41, 5.74) is 0. The Morgan fingerprint density at radius 3 is 3.20 bits per heavy atom. The number of ether oxygens (including phenoxy) is 1. The van der Waals surface area contributed by atoms with Crippen molar-refractivity contribution in [3.05, 3.63) is 6.33 Å². The minimum absolute atomic E-state index is 0.0254. The molecule has 0 radical (unpaired) electrons. The summed E-state index contributed by atoms with van der Waals surface area (Å²) in [4.78, 5) is 13.5. The molecule has 2 rings (SSSR count). The molecule has 1 aliphatic heterocycles. The van der Waals surface area contributed by atoms with Gasteiger partial charge in [0.25, 0.3) is 0 Å². The van der Waals surface area contributed by atoms with E-state index in [1.54, 1.807) is 4.90 Å². The Kier molecular flexibility index (Phi) is 2.91. The van der Waals surface area contributed by atoms with Crippen molar-refractivity contribution in [2.75, 3.05) is 19.7 Å². The van der Waals surface area contributed by atoms with E-state index in [2.05, 4.69) is 15.5 Å². The molecule has 1 fully saturated rings. The summed E-state index contributed by atoms with van der Waals surface area (Å²) in [5.74, 6) is 0.0254. The van der Waals surface area contributed by atoms with Crippen molar-refractivity contribution in [2.24, 2.45) is 0 Å². The first kappa shape index (κ1) is 10.0. The van der Waals surface area contributed by atoms with Crippen LogP contribution in [0.1, 0.15) is 6.92 Å². The Morgan fingerprint density at radius 1 is 1.67 bits per heavy atom. The maximum absolute atomic E-state index is 11.8. The fraction of sp³-hybridized carbons (Fsp3) is 0.750. The SMILES string of the molecule is C[C@@H]1CN(C(=O)Cn2cnnn2)CCO1. The molecule has 0 aromatic carbocycles. The molecule has 0 bridgehead atoms. The number of morpholine rings is 1. The Balaban J connectivity index is 1.90. The number of amides is 1. The number of hydrogen-bond acceptors (Lipinski definition) is 5. The first-order valence-electron chi connectivity index (χ1n) is 4.86. The molecule has 1 aromatic rings. The minimum Gasteiger partial charge on any atom is -0.375 e. The van der Waals surface area contributed by atoms with E-state index >= 15 is 0 Å². The average molecular weight is 211 g/mol. The number of hydrogen-bond donors (Lipinski definition) is 0. The first-order valence-corrected chi connectivity index (χ1v) is 4.86. The maximum atomic E-state index is 11.8. The zero-order valence-electron chi connectivity index (χ0n) is 8.54. The number of aromatic nitrogens is 4. The van der Waals surface area contributed by atoms with Gasteiger partial charge in [0.15, 0.2) is 0 Å². The molecular weight excluding hydrogens is 198 g/mol. The fourth-order valence-corrected chi connectivity index (χ4v) is 1.54. The predicted molar refractivity (Wildman–Crippen MR) is 49.8 cm³/mol. The van der Waals surface area contributed by atoms with E-state index in [1.165, 1.54) is 11.0 Å². The van der Waals surface area contributed by atoms with Crippen molar-refractivity contribution >= 4 is 5.91 Å². The average Bonchev–Trinajstić information content (AvgIpc) is 2.70. The summed E-state index contributed by atoms with van der Waals surface area (Å²) >= 11 is 0. The van der Waals surface area contributed by atoms with Gasteiger partial charge in [-0.15, -0.1) is 5.10 Å². The second kappa shape index (κ2) is 4.35. The highest BCUT2D eigenvalue weighted by atomic mass is 16.5. The first-order chi connectivity index (χ1) is 7.25. The van der Waals surface area contributed by atoms with Gasteiger partial charge in [0.2, 0.25) is 5.91 Å². The van der Waals surface area contributed by atoms with Crippen LogP contribution >= 0.6 is 0 Å². The van der Waals surface area contributed by atoms with Crippen LogP contribution in [0.15, 0.2) is 6.33 Å². The predicted octanol–water partition coefficient (Wildman–Crippen LogP) is -1.08.